The van der Waals surface area contributed by atoms with Crippen molar-refractivity contribution in [1.29, 1.82) is 0 Å². The molecule has 2 aromatic heterocycles. The SMILES string of the molecule is O=c1[nH]c(=O)n(-c2cccnc2C(F)(F)F)c2cc(C3CC3)ccc12. The molecule has 0 bridgehead atoms. The Kier molecular flexibility index (Phi) is 3.31. The number of benzene rings is 1. The predicted octanol–water partition coefficient (Wildman–Crippen LogP) is 2.97. The molecule has 5 nitrogen and oxygen atoms in total. The molecule has 2 heterocycles. The number of H-pyrrole nitrogens is 1. The van der Waals surface area contributed by atoms with Crippen LogP contribution >= 0.6 is 0 Å². The number of hydrogen-bond acceptors (Lipinski definition) is 3. The zero-order valence-electron chi connectivity index (χ0n) is 12.8. The van der Waals surface area contributed by atoms with Crippen LogP contribution in [0.4, 0.5) is 13.2 Å². The largest absolute Gasteiger partial charge is 0.435 e. The van der Waals surface area contributed by atoms with Crippen molar-refractivity contribution in [1.82, 2.24) is 14.5 Å². The molecule has 0 spiro atoms. The smallest absolute Gasteiger partial charge is 0.273 e. The Hall–Kier alpha value is -2.90. The summed E-state index contributed by atoms with van der Waals surface area (Å²) < 4.78 is 40.8. The van der Waals surface area contributed by atoms with E-state index >= 15 is 0 Å². The molecule has 4 rings (SSSR count). The maximum Gasteiger partial charge on any atom is 0.435 e. The van der Waals surface area contributed by atoms with Crippen LogP contribution in [0.5, 0.6) is 0 Å². The summed E-state index contributed by atoms with van der Waals surface area (Å²) in [4.78, 5) is 29.9. The monoisotopic (exact) mass is 347 g/mol. The zero-order valence-corrected chi connectivity index (χ0v) is 12.8. The second-order valence-corrected chi connectivity index (χ2v) is 6.01. The maximum absolute atomic E-state index is 13.3. The summed E-state index contributed by atoms with van der Waals surface area (Å²) in [5, 5.41) is 0.154. The van der Waals surface area contributed by atoms with Gasteiger partial charge in [-0.25, -0.2) is 9.78 Å². The highest BCUT2D eigenvalue weighted by atomic mass is 19.4. The van der Waals surface area contributed by atoms with E-state index in [1.54, 1.807) is 18.2 Å². The van der Waals surface area contributed by atoms with Gasteiger partial charge in [0.2, 0.25) is 0 Å². The van der Waals surface area contributed by atoms with E-state index in [0.29, 0.717) is 5.92 Å². The number of halogens is 3. The van der Waals surface area contributed by atoms with Crippen LogP contribution in [0.15, 0.2) is 46.1 Å². The zero-order chi connectivity index (χ0) is 17.8. The van der Waals surface area contributed by atoms with Crippen molar-refractivity contribution in [2.45, 2.75) is 24.9 Å². The summed E-state index contributed by atoms with van der Waals surface area (Å²) in [7, 11) is 0. The van der Waals surface area contributed by atoms with Crippen LogP contribution < -0.4 is 11.2 Å². The minimum Gasteiger partial charge on any atom is -0.273 e. The fourth-order valence-corrected chi connectivity index (χ4v) is 2.96. The maximum atomic E-state index is 13.3. The molecule has 128 valence electrons. The van der Waals surface area contributed by atoms with Crippen molar-refractivity contribution in [2.75, 3.05) is 0 Å². The summed E-state index contributed by atoms with van der Waals surface area (Å²) in [5.74, 6) is 0.322. The summed E-state index contributed by atoms with van der Waals surface area (Å²) in [6.07, 6.45) is -1.74. The molecule has 0 aliphatic heterocycles. The average molecular weight is 347 g/mol. The number of aromatic nitrogens is 3. The summed E-state index contributed by atoms with van der Waals surface area (Å²) in [6.45, 7) is 0. The van der Waals surface area contributed by atoms with Gasteiger partial charge in [-0.3, -0.25) is 14.3 Å². The second kappa shape index (κ2) is 5.30. The lowest BCUT2D eigenvalue weighted by Gasteiger charge is -2.15. The van der Waals surface area contributed by atoms with Crippen LogP contribution in [0.3, 0.4) is 0 Å². The molecule has 0 radical (unpaired) electrons. The first kappa shape index (κ1) is 15.6. The minimum atomic E-state index is -4.73. The lowest BCUT2D eigenvalue weighted by atomic mass is 10.1. The highest BCUT2D eigenvalue weighted by molar-refractivity contribution is 5.80. The summed E-state index contributed by atoms with van der Waals surface area (Å²) in [5.41, 5.74) is -2.09. The molecule has 1 aromatic carbocycles. The van der Waals surface area contributed by atoms with Gasteiger partial charge in [0.1, 0.15) is 0 Å². The molecule has 1 fully saturated rings. The number of hydrogen-bond donors (Lipinski definition) is 1. The van der Waals surface area contributed by atoms with E-state index in [1.165, 1.54) is 12.1 Å². The highest BCUT2D eigenvalue weighted by Gasteiger charge is 2.36. The van der Waals surface area contributed by atoms with Gasteiger partial charge in [-0.2, -0.15) is 13.2 Å². The number of nitrogens with zero attached hydrogens (tertiary/aromatic N) is 2. The van der Waals surface area contributed by atoms with Crippen LogP contribution in [-0.4, -0.2) is 14.5 Å². The van der Waals surface area contributed by atoms with Crippen LogP contribution in [0.1, 0.15) is 30.0 Å². The standard InChI is InChI=1S/C17H12F3N3O2/c18-17(19,20)14-12(2-1-7-21-14)23-13-8-10(9-3-4-9)5-6-11(13)15(24)22-16(23)25/h1-2,5-9H,3-4H2,(H,22,24,25). The molecule has 0 saturated heterocycles. The van der Waals surface area contributed by atoms with E-state index in [2.05, 4.69) is 9.97 Å². The van der Waals surface area contributed by atoms with Crippen LogP contribution in [0.2, 0.25) is 0 Å². The molecule has 25 heavy (non-hydrogen) atoms. The molecular weight excluding hydrogens is 335 g/mol. The average Bonchev–Trinajstić information content (AvgIpc) is 3.39. The molecule has 0 amide bonds. The molecule has 3 aromatic rings. The Morgan fingerprint density at radius 2 is 1.92 bits per heavy atom. The van der Waals surface area contributed by atoms with Gasteiger partial charge < -0.3 is 0 Å². The third-order valence-electron chi connectivity index (χ3n) is 4.28. The van der Waals surface area contributed by atoms with E-state index in [-0.39, 0.29) is 10.9 Å². The Morgan fingerprint density at radius 1 is 1.16 bits per heavy atom. The van der Waals surface area contributed by atoms with Crippen molar-refractivity contribution in [3.8, 4) is 5.69 Å². The molecule has 1 N–H and O–H groups in total. The van der Waals surface area contributed by atoms with Gasteiger partial charge in [-0.05, 0) is 48.6 Å². The van der Waals surface area contributed by atoms with E-state index in [0.717, 1.165) is 29.2 Å². The fraction of sp³-hybridized carbons (Fsp3) is 0.235. The Labute approximate surface area is 138 Å². The molecule has 0 atom stereocenters. The van der Waals surface area contributed by atoms with Crippen molar-refractivity contribution < 1.29 is 13.2 Å². The van der Waals surface area contributed by atoms with Crippen LogP contribution in [-0.2, 0) is 6.18 Å². The molecule has 1 aliphatic rings. The Morgan fingerprint density at radius 3 is 2.60 bits per heavy atom. The molecular formula is C17H12F3N3O2. The van der Waals surface area contributed by atoms with Gasteiger partial charge in [-0.1, -0.05) is 6.07 Å². The first-order valence-electron chi connectivity index (χ1n) is 7.68. The molecule has 0 unspecified atom stereocenters. The summed E-state index contributed by atoms with van der Waals surface area (Å²) in [6, 6.07) is 7.42. The lowest BCUT2D eigenvalue weighted by Crippen LogP contribution is -2.31. The summed E-state index contributed by atoms with van der Waals surface area (Å²) >= 11 is 0. The molecule has 8 heteroatoms. The minimum absolute atomic E-state index is 0.150. The topological polar surface area (TPSA) is 67.8 Å². The van der Waals surface area contributed by atoms with Gasteiger partial charge >= 0.3 is 11.9 Å². The van der Waals surface area contributed by atoms with E-state index in [4.69, 9.17) is 0 Å². The third kappa shape index (κ3) is 2.63. The molecule has 1 saturated carbocycles. The third-order valence-corrected chi connectivity index (χ3v) is 4.28. The van der Waals surface area contributed by atoms with Crippen LogP contribution in [0.25, 0.3) is 16.6 Å². The fourth-order valence-electron chi connectivity index (χ4n) is 2.96. The number of pyridine rings is 1. The van der Waals surface area contributed by atoms with Crippen molar-refractivity contribution in [3.05, 3.63) is 68.6 Å². The van der Waals surface area contributed by atoms with Gasteiger partial charge in [0.25, 0.3) is 5.56 Å². The van der Waals surface area contributed by atoms with Crippen LogP contribution in [0, 0.1) is 0 Å². The number of nitrogens with one attached hydrogen (secondary N) is 1. The van der Waals surface area contributed by atoms with Gasteiger partial charge in [0, 0.05) is 6.20 Å². The predicted molar refractivity (Wildman–Crippen MR) is 84.9 cm³/mol. The molecule has 1 aliphatic carbocycles. The van der Waals surface area contributed by atoms with Crippen molar-refractivity contribution >= 4 is 10.9 Å². The number of rotatable bonds is 2. The number of fused-ring (bicyclic) bond motifs is 1. The number of alkyl halides is 3. The van der Waals surface area contributed by atoms with Crippen molar-refractivity contribution in [2.24, 2.45) is 0 Å². The number of aromatic amines is 1. The van der Waals surface area contributed by atoms with E-state index in [9.17, 15) is 22.8 Å². The quantitative estimate of drug-likeness (QED) is 0.775. The van der Waals surface area contributed by atoms with E-state index < -0.39 is 28.8 Å². The lowest BCUT2D eigenvalue weighted by molar-refractivity contribution is -0.141. The second-order valence-electron chi connectivity index (χ2n) is 6.01. The Balaban J connectivity index is 2.10. The first-order valence-corrected chi connectivity index (χ1v) is 7.68. The highest BCUT2D eigenvalue weighted by Crippen LogP contribution is 2.41. The van der Waals surface area contributed by atoms with Gasteiger partial charge in [0.15, 0.2) is 5.69 Å². The first-order chi connectivity index (χ1) is 11.9. The van der Waals surface area contributed by atoms with Gasteiger partial charge in [-0.15, -0.1) is 0 Å². The van der Waals surface area contributed by atoms with Gasteiger partial charge in [0.05, 0.1) is 16.6 Å². The van der Waals surface area contributed by atoms with E-state index in [1.807, 2.05) is 0 Å². The normalized spacial score (nSPS) is 14.8. The Bertz CT molecular complexity index is 1090. The van der Waals surface area contributed by atoms with Crippen molar-refractivity contribution in [3.63, 3.8) is 0 Å².